The van der Waals surface area contributed by atoms with Crippen LogP contribution in [0.15, 0.2) is 175 Å². The van der Waals surface area contributed by atoms with Gasteiger partial charge in [0.1, 0.15) is 0 Å². The Kier molecular flexibility index (Phi) is 6.11. The van der Waals surface area contributed by atoms with Gasteiger partial charge in [-0.15, -0.1) is 0 Å². The summed E-state index contributed by atoms with van der Waals surface area (Å²) < 4.78 is 4.54. The van der Waals surface area contributed by atoms with Crippen LogP contribution in [0.4, 0.5) is 0 Å². The number of rotatable bonds is 3. The van der Waals surface area contributed by atoms with Crippen LogP contribution in [-0.4, -0.2) is 24.1 Å². The predicted molar refractivity (Wildman–Crippen MR) is 229 cm³/mol. The van der Waals surface area contributed by atoms with E-state index in [9.17, 15) is 4.79 Å². The fourth-order valence-electron chi connectivity index (χ4n) is 8.97. The molecule has 4 heterocycles. The lowest BCUT2D eigenvalue weighted by molar-refractivity contribution is 1.02. The molecule has 0 amide bonds. The largest absolute Gasteiger partial charge is 0.321 e. The van der Waals surface area contributed by atoms with Gasteiger partial charge in [0.15, 0.2) is 0 Å². The lowest BCUT2D eigenvalue weighted by atomic mass is 9.96. The van der Waals surface area contributed by atoms with Crippen molar-refractivity contribution in [3.05, 3.63) is 180 Å². The van der Waals surface area contributed by atoms with Crippen LogP contribution in [0.2, 0.25) is 0 Å². The van der Waals surface area contributed by atoms with Crippen molar-refractivity contribution in [1.29, 1.82) is 0 Å². The molecule has 12 rings (SSSR count). The van der Waals surface area contributed by atoms with Gasteiger partial charge in [0.2, 0.25) is 5.95 Å². The number of aromatic amines is 1. The Bertz CT molecular complexity index is 3590. The SMILES string of the molecule is O=c1[nH]c2c(c3ccccc13)c1ccccc1c1c2c2cc(-n3c4ccccc4c4ccccc43)ccc2n1-c1nc(-c2ccccc2)c2ccccc2n1.[HH]. The van der Waals surface area contributed by atoms with E-state index in [0.717, 1.165) is 87.7 Å². The summed E-state index contributed by atoms with van der Waals surface area (Å²) in [6.07, 6.45) is 0. The number of para-hydroxylation sites is 3. The Morgan fingerprint density at radius 1 is 0.455 bits per heavy atom. The minimum atomic E-state index is -0.118. The second kappa shape index (κ2) is 11.2. The Labute approximate surface area is 314 Å². The molecule has 0 saturated carbocycles. The van der Waals surface area contributed by atoms with Crippen LogP contribution in [0, 0.1) is 0 Å². The smallest absolute Gasteiger partial charge is 0.256 e. The predicted octanol–water partition coefficient (Wildman–Crippen LogP) is 11.9. The van der Waals surface area contributed by atoms with E-state index < -0.39 is 0 Å². The molecular formula is C49H31N5O. The number of nitrogens with one attached hydrogen (secondary N) is 1. The van der Waals surface area contributed by atoms with E-state index in [4.69, 9.17) is 9.97 Å². The molecule has 0 atom stereocenters. The molecule has 0 aliphatic heterocycles. The second-order valence-corrected chi connectivity index (χ2v) is 14.2. The van der Waals surface area contributed by atoms with Gasteiger partial charge in [-0.05, 0) is 53.2 Å². The van der Waals surface area contributed by atoms with Gasteiger partial charge in [-0.2, -0.15) is 0 Å². The monoisotopic (exact) mass is 705 g/mol. The van der Waals surface area contributed by atoms with E-state index in [0.29, 0.717) is 11.3 Å². The van der Waals surface area contributed by atoms with Crippen molar-refractivity contribution in [3.63, 3.8) is 0 Å². The molecule has 0 radical (unpaired) electrons. The third kappa shape index (κ3) is 4.16. The summed E-state index contributed by atoms with van der Waals surface area (Å²) >= 11 is 0. The molecule has 6 heteroatoms. The number of aromatic nitrogens is 5. The Morgan fingerprint density at radius 2 is 1.02 bits per heavy atom. The zero-order chi connectivity index (χ0) is 36.2. The zero-order valence-electron chi connectivity index (χ0n) is 29.4. The summed E-state index contributed by atoms with van der Waals surface area (Å²) in [4.78, 5) is 28.1. The molecule has 0 aliphatic rings. The lowest BCUT2D eigenvalue weighted by Gasteiger charge is -2.14. The molecule has 0 aliphatic carbocycles. The molecule has 258 valence electrons. The molecule has 0 spiro atoms. The molecular weight excluding hydrogens is 675 g/mol. The number of pyridine rings is 1. The Hall–Kier alpha value is -7.57. The van der Waals surface area contributed by atoms with Gasteiger partial charge in [0.25, 0.3) is 5.56 Å². The van der Waals surface area contributed by atoms with Gasteiger partial charge >= 0.3 is 0 Å². The van der Waals surface area contributed by atoms with Crippen molar-refractivity contribution >= 4 is 87.0 Å². The van der Waals surface area contributed by atoms with Gasteiger partial charge in [-0.25, -0.2) is 9.97 Å². The maximum absolute atomic E-state index is 14.0. The van der Waals surface area contributed by atoms with E-state index in [-0.39, 0.29) is 6.99 Å². The molecule has 4 aromatic heterocycles. The van der Waals surface area contributed by atoms with Crippen molar-refractivity contribution in [2.45, 2.75) is 0 Å². The topological polar surface area (TPSA) is 68.5 Å². The van der Waals surface area contributed by atoms with Crippen LogP contribution in [0.3, 0.4) is 0 Å². The molecule has 6 nitrogen and oxygen atoms in total. The lowest BCUT2D eigenvalue weighted by Crippen LogP contribution is -2.07. The van der Waals surface area contributed by atoms with E-state index >= 15 is 0 Å². The highest BCUT2D eigenvalue weighted by molar-refractivity contribution is 6.35. The quantitative estimate of drug-likeness (QED) is 0.186. The molecule has 1 N–H and O–H groups in total. The Morgan fingerprint density at radius 3 is 1.75 bits per heavy atom. The molecule has 8 aromatic carbocycles. The van der Waals surface area contributed by atoms with Crippen LogP contribution >= 0.6 is 0 Å². The molecule has 0 bridgehead atoms. The number of hydrogen-bond acceptors (Lipinski definition) is 3. The summed E-state index contributed by atoms with van der Waals surface area (Å²) in [5, 5.41) is 10.0. The van der Waals surface area contributed by atoms with Gasteiger partial charge in [-0.1, -0.05) is 127 Å². The van der Waals surface area contributed by atoms with Crippen molar-refractivity contribution in [1.82, 2.24) is 24.1 Å². The first-order valence-electron chi connectivity index (χ1n) is 18.5. The van der Waals surface area contributed by atoms with Gasteiger partial charge < -0.3 is 9.55 Å². The van der Waals surface area contributed by atoms with Crippen molar-refractivity contribution in [2.75, 3.05) is 0 Å². The van der Waals surface area contributed by atoms with Crippen molar-refractivity contribution < 1.29 is 1.43 Å². The normalized spacial score (nSPS) is 12.1. The van der Waals surface area contributed by atoms with Crippen LogP contribution in [0.1, 0.15) is 1.43 Å². The van der Waals surface area contributed by atoms with Gasteiger partial charge in [0.05, 0.1) is 38.8 Å². The number of benzene rings is 8. The third-order valence-electron chi connectivity index (χ3n) is 11.3. The average molecular weight is 706 g/mol. The number of H-pyrrole nitrogens is 1. The molecule has 55 heavy (non-hydrogen) atoms. The summed E-state index contributed by atoms with van der Waals surface area (Å²) in [6.45, 7) is 0. The molecule has 0 saturated heterocycles. The summed E-state index contributed by atoms with van der Waals surface area (Å²) in [7, 11) is 0. The minimum absolute atomic E-state index is 0. The first kappa shape index (κ1) is 29.9. The van der Waals surface area contributed by atoms with E-state index in [1.165, 1.54) is 10.8 Å². The van der Waals surface area contributed by atoms with Crippen molar-refractivity contribution in [2.24, 2.45) is 0 Å². The van der Waals surface area contributed by atoms with Gasteiger partial charge in [-0.3, -0.25) is 9.36 Å². The van der Waals surface area contributed by atoms with E-state index in [1.54, 1.807) is 0 Å². The number of fused-ring (bicyclic) bond motifs is 14. The van der Waals surface area contributed by atoms with E-state index in [1.807, 2.05) is 48.5 Å². The van der Waals surface area contributed by atoms with Crippen LogP contribution in [0.25, 0.3) is 110 Å². The first-order chi connectivity index (χ1) is 27.2. The summed E-state index contributed by atoms with van der Waals surface area (Å²) in [6, 6.07) is 58.7. The molecule has 0 unspecified atom stereocenters. The third-order valence-corrected chi connectivity index (χ3v) is 11.3. The van der Waals surface area contributed by atoms with Crippen LogP contribution < -0.4 is 5.56 Å². The highest BCUT2D eigenvalue weighted by Crippen LogP contribution is 2.44. The first-order valence-corrected chi connectivity index (χ1v) is 18.5. The van der Waals surface area contributed by atoms with E-state index in [2.05, 4.69) is 135 Å². The average Bonchev–Trinajstić information content (AvgIpc) is 3.77. The minimum Gasteiger partial charge on any atom is -0.321 e. The Balaban J connectivity index is 0.00000363. The maximum Gasteiger partial charge on any atom is 0.256 e. The highest BCUT2D eigenvalue weighted by Gasteiger charge is 2.24. The summed E-state index contributed by atoms with van der Waals surface area (Å²) in [5.74, 6) is 0.565. The fraction of sp³-hybridized carbons (Fsp3) is 0. The molecule has 0 fully saturated rings. The van der Waals surface area contributed by atoms with Crippen molar-refractivity contribution in [3.8, 4) is 22.9 Å². The number of nitrogens with zero attached hydrogens (tertiary/aromatic N) is 4. The zero-order valence-corrected chi connectivity index (χ0v) is 29.4. The second-order valence-electron chi connectivity index (χ2n) is 14.2. The highest BCUT2D eigenvalue weighted by atomic mass is 16.1. The van der Waals surface area contributed by atoms with Crippen LogP contribution in [-0.2, 0) is 0 Å². The maximum atomic E-state index is 14.0. The number of hydrogen-bond donors (Lipinski definition) is 1. The van der Waals surface area contributed by atoms with Crippen LogP contribution in [0.5, 0.6) is 0 Å². The van der Waals surface area contributed by atoms with Gasteiger partial charge in [0, 0.05) is 55.8 Å². The summed E-state index contributed by atoms with van der Waals surface area (Å²) in [5.41, 5.74) is 8.59. The molecule has 12 aromatic rings. The standard InChI is InChI=1S/C49H29N5O.H2/c55-48-36-21-7-5-19-34(36)43-33-18-4-6-20-35(33)47-44(46(43)51-48)38-28-30(53-40-24-12-9-16-31(40)32-17-10-13-25-41(32)53)26-27-42(38)54(47)49-50-39-23-11-8-22-37(39)45(52-49)29-14-2-1-3-15-29;/h1-28H,(H,51,55);1H. The fourth-order valence-corrected chi connectivity index (χ4v) is 8.97.